The lowest BCUT2D eigenvalue weighted by molar-refractivity contribution is -0.131. The van der Waals surface area contributed by atoms with E-state index in [1.807, 2.05) is 4.90 Å². The normalized spacial score (nSPS) is 14.6. The van der Waals surface area contributed by atoms with Crippen molar-refractivity contribution in [2.45, 2.75) is 26.7 Å². The number of rotatable bonds is 5. The Morgan fingerprint density at radius 3 is 2.42 bits per heavy atom. The van der Waals surface area contributed by atoms with E-state index in [4.69, 9.17) is 11.6 Å². The zero-order valence-corrected chi connectivity index (χ0v) is 16.7. The molecule has 26 heavy (non-hydrogen) atoms. The van der Waals surface area contributed by atoms with Gasteiger partial charge in [0.25, 0.3) is 0 Å². The Morgan fingerprint density at radius 1 is 1.04 bits per heavy atom. The van der Waals surface area contributed by atoms with Gasteiger partial charge in [0.1, 0.15) is 0 Å². The van der Waals surface area contributed by atoms with Crippen LogP contribution in [0.1, 0.15) is 33.6 Å². The van der Waals surface area contributed by atoms with Crippen LogP contribution in [-0.2, 0) is 4.79 Å². The maximum Gasteiger partial charge on any atom is 0.223 e. The lowest BCUT2D eigenvalue weighted by Crippen LogP contribution is -2.49. The smallest absolute Gasteiger partial charge is 0.223 e. The fourth-order valence-electron chi connectivity index (χ4n) is 3.24. The monoisotopic (exact) mass is 390 g/mol. The van der Waals surface area contributed by atoms with E-state index in [9.17, 15) is 9.59 Å². The number of halogens is 1. The maximum atomic E-state index is 12.4. The SMILES string of the molecule is Cc1cccc(N2CCN(C(=O)CCC(=O)c3ccc(Cl)s3)CC2)c1C. The highest BCUT2D eigenvalue weighted by Crippen LogP contribution is 2.25. The standard InChI is InChI=1S/C20H23ClN2O2S/c1-14-4-3-5-16(15(14)2)22-10-12-23(13-11-22)20(25)9-6-17(24)18-7-8-19(21)26-18/h3-5,7-8H,6,9-13H2,1-2H3. The van der Waals surface area contributed by atoms with Crippen LogP contribution in [0.4, 0.5) is 5.69 Å². The molecule has 1 saturated heterocycles. The van der Waals surface area contributed by atoms with Crippen LogP contribution in [0.15, 0.2) is 30.3 Å². The molecule has 0 atom stereocenters. The molecule has 0 bridgehead atoms. The van der Waals surface area contributed by atoms with E-state index in [0.717, 1.165) is 13.1 Å². The summed E-state index contributed by atoms with van der Waals surface area (Å²) in [6, 6.07) is 9.79. The highest BCUT2D eigenvalue weighted by molar-refractivity contribution is 7.18. The quantitative estimate of drug-likeness (QED) is 0.713. The van der Waals surface area contributed by atoms with Crippen molar-refractivity contribution in [1.29, 1.82) is 0 Å². The Hall–Kier alpha value is -1.85. The Bertz CT molecular complexity index is 810. The summed E-state index contributed by atoms with van der Waals surface area (Å²) in [5.41, 5.74) is 3.84. The van der Waals surface area contributed by atoms with Crippen molar-refractivity contribution in [1.82, 2.24) is 4.90 Å². The Morgan fingerprint density at radius 2 is 1.77 bits per heavy atom. The minimum Gasteiger partial charge on any atom is -0.368 e. The number of benzene rings is 1. The predicted molar refractivity (Wildman–Crippen MR) is 108 cm³/mol. The summed E-state index contributed by atoms with van der Waals surface area (Å²) in [5, 5.41) is 0. The van der Waals surface area contributed by atoms with Gasteiger partial charge < -0.3 is 9.80 Å². The maximum absolute atomic E-state index is 12.4. The fourth-order valence-corrected chi connectivity index (χ4v) is 4.25. The molecule has 4 nitrogen and oxygen atoms in total. The largest absolute Gasteiger partial charge is 0.368 e. The third-order valence-electron chi connectivity index (χ3n) is 4.96. The minimum atomic E-state index is -0.00993. The number of thiophene rings is 1. The first kappa shape index (κ1) is 18.9. The average Bonchev–Trinajstić information content (AvgIpc) is 3.08. The summed E-state index contributed by atoms with van der Waals surface area (Å²) in [6.07, 6.45) is 0.505. The van der Waals surface area contributed by atoms with Gasteiger partial charge in [0.05, 0.1) is 9.21 Å². The highest BCUT2D eigenvalue weighted by atomic mass is 35.5. The van der Waals surface area contributed by atoms with Gasteiger partial charge in [-0.2, -0.15) is 0 Å². The van der Waals surface area contributed by atoms with Crippen LogP contribution < -0.4 is 4.90 Å². The Kier molecular flexibility index (Phi) is 5.99. The van der Waals surface area contributed by atoms with E-state index in [2.05, 4.69) is 36.9 Å². The number of anilines is 1. The molecular formula is C20H23ClN2O2S. The Labute approximate surface area is 163 Å². The number of amides is 1. The van der Waals surface area contributed by atoms with E-state index in [-0.39, 0.29) is 24.5 Å². The number of hydrogen-bond donors (Lipinski definition) is 0. The second-order valence-electron chi connectivity index (χ2n) is 6.61. The molecule has 0 aliphatic carbocycles. The molecule has 2 heterocycles. The van der Waals surface area contributed by atoms with Crippen LogP contribution in [0.3, 0.4) is 0 Å². The van der Waals surface area contributed by atoms with Gasteiger partial charge in [0.2, 0.25) is 5.91 Å². The first-order valence-corrected chi connectivity index (χ1v) is 10.0. The van der Waals surface area contributed by atoms with Crippen molar-refractivity contribution in [3.8, 4) is 0 Å². The zero-order chi connectivity index (χ0) is 18.7. The lowest BCUT2D eigenvalue weighted by Gasteiger charge is -2.37. The number of aryl methyl sites for hydroxylation is 1. The molecule has 1 aromatic heterocycles. The van der Waals surface area contributed by atoms with E-state index < -0.39 is 0 Å². The number of ketones is 1. The van der Waals surface area contributed by atoms with Crippen LogP contribution in [0.5, 0.6) is 0 Å². The summed E-state index contributed by atoms with van der Waals surface area (Å²) >= 11 is 7.13. The van der Waals surface area contributed by atoms with Crippen LogP contribution in [-0.4, -0.2) is 42.8 Å². The summed E-state index contributed by atoms with van der Waals surface area (Å²) in [5.74, 6) is 0.0471. The summed E-state index contributed by atoms with van der Waals surface area (Å²) in [6.45, 7) is 7.31. The van der Waals surface area contributed by atoms with Gasteiger partial charge in [-0.05, 0) is 43.2 Å². The molecule has 1 fully saturated rings. The van der Waals surface area contributed by atoms with Crippen LogP contribution >= 0.6 is 22.9 Å². The third kappa shape index (κ3) is 4.27. The molecule has 1 aliphatic rings. The number of carbonyl (C=O) groups excluding carboxylic acids is 2. The third-order valence-corrected chi connectivity index (χ3v) is 6.24. The van der Waals surface area contributed by atoms with Crippen LogP contribution in [0.25, 0.3) is 0 Å². The van der Waals surface area contributed by atoms with Gasteiger partial charge in [-0.3, -0.25) is 9.59 Å². The number of Topliss-reactive ketones (excluding diaryl/α,β-unsaturated/α-hetero) is 1. The van der Waals surface area contributed by atoms with Crippen LogP contribution in [0.2, 0.25) is 4.34 Å². The summed E-state index contributed by atoms with van der Waals surface area (Å²) in [7, 11) is 0. The second kappa shape index (κ2) is 8.23. The molecule has 1 amide bonds. The number of piperazine rings is 1. The molecule has 0 saturated carbocycles. The Balaban J connectivity index is 1.50. The van der Waals surface area contributed by atoms with Crippen molar-refractivity contribution >= 4 is 40.3 Å². The second-order valence-corrected chi connectivity index (χ2v) is 8.33. The molecule has 0 spiro atoms. The van der Waals surface area contributed by atoms with Crippen LogP contribution in [0, 0.1) is 13.8 Å². The molecule has 0 unspecified atom stereocenters. The molecule has 138 valence electrons. The molecule has 1 aromatic carbocycles. The first-order chi connectivity index (χ1) is 12.5. The van der Waals surface area contributed by atoms with Crippen molar-refractivity contribution in [3.63, 3.8) is 0 Å². The topological polar surface area (TPSA) is 40.6 Å². The molecule has 6 heteroatoms. The van der Waals surface area contributed by atoms with Crippen molar-refractivity contribution in [2.24, 2.45) is 0 Å². The van der Waals surface area contributed by atoms with Gasteiger partial charge >= 0.3 is 0 Å². The molecule has 0 N–H and O–H groups in total. The number of hydrogen-bond acceptors (Lipinski definition) is 4. The molecule has 3 rings (SSSR count). The molecule has 0 radical (unpaired) electrons. The lowest BCUT2D eigenvalue weighted by atomic mass is 10.1. The highest BCUT2D eigenvalue weighted by Gasteiger charge is 2.23. The molecule has 2 aromatic rings. The van der Waals surface area contributed by atoms with E-state index >= 15 is 0 Å². The van der Waals surface area contributed by atoms with Gasteiger partial charge in [0, 0.05) is 44.7 Å². The predicted octanol–water partition coefficient (Wildman–Crippen LogP) is 4.33. The summed E-state index contributed by atoms with van der Waals surface area (Å²) < 4.78 is 0.599. The van der Waals surface area contributed by atoms with E-state index in [1.54, 1.807) is 12.1 Å². The van der Waals surface area contributed by atoms with Crippen molar-refractivity contribution < 1.29 is 9.59 Å². The van der Waals surface area contributed by atoms with Gasteiger partial charge in [-0.1, -0.05) is 23.7 Å². The average molecular weight is 391 g/mol. The van der Waals surface area contributed by atoms with E-state index in [0.29, 0.717) is 22.3 Å². The van der Waals surface area contributed by atoms with Gasteiger partial charge in [-0.25, -0.2) is 0 Å². The number of nitrogens with zero attached hydrogens (tertiary/aromatic N) is 2. The molecular weight excluding hydrogens is 368 g/mol. The van der Waals surface area contributed by atoms with Gasteiger partial charge in [0.15, 0.2) is 5.78 Å². The molecule has 1 aliphatic heterocycles. The summed E-state index contributed by atoms with van der Waals surface area (Å²) in [4.78, 5) is 29.4. The van der Waals surface area contributed by atoms with Gasteiger partial charge in [-0.15, -0.1) is 11.3 Å². The fraction of sp³-hybridized carbons (Fsp3) is 0.400. The zero-order valence-electron chi connectivity index (χ0n) is 15.1. The minimum absolute atomic E-state index is 0.00993. The first-order valence-electron chi connectivity index (χ1n) is 8.83. The van der Waals surface area contributed by atoms with Crippen molar-refractivity contribution in [2.75, 3.05) is 31.1 Å². The van der Waals surface area contributed by atoms with Crippen molar-refractivity contribution in [3.05, 3.63) is 50.7 Å². The van der Waals surface area contributed by atoms with E-state index in [1.165, 1.54) is 28.2 Å². The number of carbonyl (C=O) groups is 2.